The second kappa shape index (κ2) is 7.00. The Bertz CT molecular complexity index is 313. The van der Waals surface area contributed by atoms with Gasteiger partial charge in [-0.2, -0.15) is 0 Å². The molecule has 0 saturated carbocycles. The molecule has 0 aliphatic heterocycles. The molecule has 0 radical (unpaired) electrons. The van der Waals surface area contributed by atoms with Crippen LogP contribution in [0.2, 0.25) is 0 Å². The Morgan fingerprint density at radius 3 is 2.41 bits per heavy atom. The number of methoxy groups -OCH3 is 1. The SMILES string of the molecule is COC(C)(C)CN(CCCl)Cc1ccccc1. The van der Waals surface area contributed by atoms with Gasteiger partial charge in [0.15, 0.2) is 0 Å². The van der Waals surface area contributed by atoms with Crippen molar-refractivity contribution in [2.75, 3.05) is 26.1 Å². The number of alkyl halides is 1. The number of nitrogens with zero attached hydrogens (tertiary/aromatic N) is 1. The highest BCUT2D eigenvalue weighted by Crippen LogP contribution is 2.13. The van der Waals surface area contributed by atoms with Crippen LogP contribution in [0.4, 0.5) is 0 Å². The van der Waals surface area contributed by atoms with Crippen LogP contribution in [0.1, 0.15) is 19.4 Å². The van der Waals surface area contributed by atoms with Crippen molar-refractivity contribution in [2.24, 2.45) is 0 Å². The van der Waals surface area contributed by atoms with Gasteiger partial charge in [-0.15, -0.1) is 11.6 Å². The average molecular weight is 256 g/mol. The van der Waals surface area contributed by atoms with Crippen molar-refractivity contribution >= 4 is 11.6 Å². The molecule has 2 nitrogen and oxygen atoms in total. The van der Waals surface area contributed by atoms with Crippen molar-refractivity contribution in [2.45, 2.75) is 26.0 Å². The van der Waals surface area contributed by atoms with E-state index in [1.807, 2.05) is 6.07 Å². The molecule has 0 spiro atoms. The predicted octanol–water partition coefficient (Wildman–Crippen LogP) is 3.15. The maximum absolute atomic E-state index is 5.85. The van der Waals surface area contributed by atoms with Gasteiger partial charge in [0.1, 0.15) is 0 Å². The largest absolute Gasteiger partial charge is 0.377 e. The molecule has 0 aliphatic rings. The Morgan fingerprint density at radius 1 is 1.24 bits per heavy atom. The molecule has 0 heterocycles. The highest BCUT2D eigenvalue weighted by molar-refractivity contribution is 6.18. The fourth-order valence-corrected chi connectivity index (χ4v) is 2.02. The van der Waals surface area contributed by atoms with Gasteiger partial charge >= 0.3 is 0 Å². The summed E-state index contributed by atoms with van der Waals surface area (Å²) in [5.41, 5.74) is 1.17. The van der Waals surface area contributed by atoms with Gasteiger partial charge in [-0.25, -0.2) is 0 Å². The zero-order valence-electron chi connectivity index (χ0n) is 10.9. The van der Waals surface area contributed by atoms with E-state index in [1.165, 1.54) is 5.56 Å². The predicted molar refractivity (Wildman–Crippen MR) is 73.5 cm³/mol. The second-order valence-electron chi connectivity index (χ2n) is 4.85. The Hall–Kier alpha value is -0.570. The lowest BCUT2D eigenvalue weighted by Gasteiger charge is -2.31. The summed E-state index contributed by atoms with van der Waals surface area (Å²) in [7, 11) is 1.75. The van der Waals surface area contributed by atoms with Gasteiger partial charge in [-0.05, 0) is 19.4 Å². The zero-order valence-corrected chi connectivity index (χ0v) is 11.7. The van der Waals surface area contributed by atoms with E-state index in [9.17, 15) is 0 Å². The third kappa shape index (κ3) is 5.53. The van der Waals surface area contributed by atoms with Crippen LogP contribution in [0, 0.1) is 0 Å². The molecule has 96 valence electrons. The first kappa shape index (κ1) is 14.5. The lowest BCUT2D eigenvalue weighted by Crippen LogP contribution is -2.40. The fourth-order valence-electron chi connectivity index (χ4n) is 1.78. The Kier molecular flexibility index (Phi) is 5.96. The summed E-state index contributed by atoms with van der Waals surface area (Å²) in [5.74, 6) is 0.645. The lowest BCUT2D eigenvalue weighted by atomic mass is 10.1. The first-order valence-corrected chi connectivity index (χ1v) is 6.48. The second-order valence-corrected chi connectivity index (χ2v) is 5.23. The number of hydrogen-bond acceptors (Lipinski definition) is 2. The third-order valence-corrected chi connectivity index (χ3v) is 2.98. The van der Waals surface area contributed by atoms with Crippen LogP contribution >= 0.6 is 11.6 Å². The molecular weight excluding hydrogens is 234 g/mol. The first-order valence-electron chi connectivity index (χ1n) is 5.95. The van der Waals surface area contributed by atoms with Crippen molar-refractivity contribution in [3.8, 4) is 0 Å². The quantitative estimate of drug-likeness (QED) is 0.694. The molecule has 0 N–H and O–H groups in total. The van der Waals surface area contributed by atoms with Gasteiger partial charge in [-0.3, -0.25) is 4.90 Å². The fraction of sp³-hybridized carbons (Fsp3) is 0.571. The molecule has 1 rings (SSSR count). The molecule has 0 fully saturated rings. The van der Waals surface area contributed by atoms with Crippen LogP contribution in [-0.2, 0) is 11.3 Å². The van der Waals surface area contributed by atoms with E-state index in [2.05, 4.69) is 43.0 Å². The topological polar surface area (TPSA) is 12.5 Å². The Labute approximate surface area is 110 Å². The number of benzene rings is 1. The van der Waals surface area contributed by atoms with Crippen LogP contribution in [0.15, 0.2) is 30.3 Å². The zero-order chi connectivity index (χ0) is 12.7. The summed E-state index contributed by atoms with van der Waals surface area (Å²) in [4.78, 5) is 2.33. The Morgan fingerprint density at radius 2 is 1.88 bits per heavy atom. The Balaban J connectivity index is 2.60. The van der Waals surface area contributed by atoms with E-state index in [0.717, 1.165) is 19.6 Å². The van der Waals surface area contributed by atoms with E-state index in [-0.39, 0.29) is 5.60 Å². The number of hydrogen-bond donors (Lipinski definition) is 0. The minimum Gasteiger partial charge on any atom is -0.377 e. The molecule has 17 heavy (non-hydrogen) atoms. The van der Waals surface area contributed by atoms with Crippen LogP contribution in [0.5, 0.6) is 0 Å². The van der Waals surface area contributed by atoms with Crippen molar-refractivity contribution in [1.29, 1.82) is 0 Å². The average Bonchev–Trinajstić information content (AvgIpc) is 2.30. The van der Waals surface area contributed by atoms with Crippen molar-refractivity contribution < 1.29 is 4.74 Å². The molecule has 0 aromatic heterocycles. The lowest BCUT2D eigenvalue weighted by molar-refractivity contribution is -0.00808. The molecule has 3 heteroatoms. The number of ether oxygens (including phenoxy) is 1. The van der Waals surface area contributed by atoms with E-state index in [1.54, 1.807) is 7.11 Å². The molecule has 1 aromatic rings. The number of rotatable bonds is 7. The highest BCUT2D eigenvalue weighted by atomic mass is 35.5. The normalized spacial score (nSPS) is 12.1. The van der Waals surface area contributed by atoms with Crippen LogP contribution < -0.4 is 0 Å². The minimum atomic E-state index is -0.138. The summed E-state index contributed by atoms with van der Waals surface area (Å²) >= 11 is 5.85. The van der Waals surface area contributed by atoms with Gasteiger partial charge in [0.2, 0.25) is 0 Å². The molecule has 0 unspecified atom stereocenters. The van der Waals surface area contributed by atoms with Crippen LogP contribution in [0.25, 0.3) is 0 Å². The van der Waals surface area contributed by atoms with Gasteiger partial charge in [0, 0.05) is 32.6 Å². The summed E-state index contributed by atoms with van der Waals surface area (Å²) in [6, 6.07) is 10.4. The minimum absolute atomic E-state index is 0.138. The molecule has 0 atom stereocenters. The monoisotopic (exact) mass is 255 g/mol. The van der Waals surface area contributed by atoms with E-state index in [4.69, 9.17) is 16.3 Å². The van der Waals surface area contributed by atoms with Gasteiger partial charge in [0.05, 0.1) is 5.60 Å². The first-order chi connectivity index (χ1) is 8.07. The highest BCUT2D eigenvalue weighted by Gasteiger charge is 2.20. The van der Waals surface area contributed by atoms with Gasteiger partial charge in [0.25, 0.3) is 0 Å². The summed E-state index contributed by atoms with van der Waals surface area (Å²) < 4.78 is 5.47. The molecule has 0 amide bonds. The standard InChI is InChI=1S/C14H22ClNO/c1-14(2,17-3)12-16(10-9-15)11-13-7-5-4-6-8-13/h4-8H,9-12H2,1-3H3. The van der Waals surface area contributed by atoms with E-state index in [0.29, 0.717) is 5.88 Å². The van der Waals surface area contributed by atoms with E-state index >= 15 is 0 Å². The van der Waals surface area contributed by atoms with Crippen molar-refractivity contribution in [3.63, 3.8) is 0 Å². The van der Waals surface area contributed by atoms with Crippen molar-refractivity contribution in [3.05, 3.63) is 35.9 Å². The molecular formula is C14H22ClNO. The van der Waals surface area contributed by atoms with Crippen molar-refractivity contribution in [1.82, 2.24) is 4.90 Å². The maximum Gasteiger partial charge on any atom is 0.0749 e. The van der Waals surface area contributed by atoms with Gasteiger partial charge < -0.3 is 4.74 Å². The smallest absolute Gasteiger partial charge is 0.0749 e. The maximum atomic E-state index is 5.85. The third-order valence-electron chi connectivity index (χ3n) is 2.81. The summed E-state index contributed by atoms with van der Waals surface area (Å²) in [6.45, 7) is 6.87. The molecule has 0 bridgehead atoms. The summed E-state index contributed by atoms with van der Waals surface area (Å²) in [5, 5.41) is 0. The summed E-state index contributed by atoms with van der Waals surface area (Å²) in [6.07, 6.45) is 0. The number of halogens is 1. The van der Waals surface area contributed by atoms with Crippen LogP contribution in [0.3, 0.4) is 0 Å². The van der Waals surface area contributed by atoms with Gasteiger partial charge in [-0.1, -0.05) is 30.3 Å². The molecule has 0 aliphatic carbocycles. The van der Waals surface area contributed by atoms with E-state index < -0.39 is 0 Å². The van der Waals surface area contributed by atoms with Crippen LogP contribution in [-0.4, -0.2) is 36.6 Å². The molecule has 1 aromatic carbocycles. The molecule has 0 saturated heterocycles.